The molecule has 0 atom stereocenters. The third-order valence-electron chi connectivity index (χ3n) is 0.843. The normalized spacial score (nSPS) is 11.8. The number of hydrogen-bond acceptors (Lipinski definition) is 3. The molecule has 1 aromatic rings. The number of sulfonamides is 1. The summed E-state index contributed by atoms with van der Waals surface area (Å²) in [5, 5.41) is 4.51. The Morgan fingerprint density at radius 3 is 2.40 bits per heavy atom. The summed E-state index contributed by atoms with van der Waals surface area (Å²) in [7, 11) is -3.70. The van der Waals surface area contributed by atoms with Gasteiger partial charge in [0.05, 0.1) is 10.7 Å². The summed E-state index contributed by atoms with van der Waals surface area (Å²) in [6.45, 7) is 0. The lowest BCUT2D eigenvalue weighted by molar-refractivity contribution is 0.447. The predicted molar refractivity (Wildman–Crippen MR) is 37.8 cm³/mol. The van der Waals surface area contributed by atoms with Crippen LogP contribution in [0.5, 0.6) is 0 Å². The highest BCUT2D eigenvalue weighted by Gasteiger charge is 2.15. The van der Waals surface area contributed by atoms with E-state index in [9.17, 15) is 8.42 Å². The number of hydrogen-bond donors (Lipinski definition) is 1. The lowest BCUT2D eigenvalue weighted by atomic mass is 10.7. The minimum Gasteiger partial charge on any atom is -0.451 e. The van der Waals surface area contributed by atoms with Crippen molar-refractivity contribution in [1.82, 2.24) is 0 Å². The monoisotopic (exact) mass is 225 g/mol. The second-order valence-electron chi connectivity index (χ2n) is 1.60. The topological polar surface area (TPSA) is 73.3 Å². The fourth-order valence-corrected chi connectivity index (χ4v) is 1.89. The average Bonchev–Trinajstić information content (AvgIpc) is 2.11. The van der Waals surface area contributed by atoms with Gasteiger partial charge in [0.15, 0.2) is 0 Å². The maximum Gasteiger partial charge on any atom is 0.272 e. The molecule has 0 aliphatic rings. The molecule has 0 aliphatic heterocycles. The van der Waals surface area contributed by atoms with Crippen LogP contribution in [0.15, 0.2) is 26.3 Å². The summed E-state index contributed by atoms with van der Waals surface area (Å²) in [5.74, 6) is 0. The lowest BCUT2D eigenvalue weighted by Gasteiger charge is -1.89. The quantitative estimate of drug-likeness (QED) is 0.765. The van der Waals surface area contributed by atoms with Gasteiger partial charge in [-0.1, -0.05) is 0 Å². The Balaban J connectivity index is 3.32. The van der Waals surface area contributed by atoms with Crippen molar-refractivity contribution in [2.24, 2.45) is 5.14 Å². The van der Waals surface area contributed by atoms with Crippen LogP contribution >= 0.6 is 15.9 Å². The highest BCUT2D eigenvalue weighted by molar-refractivity contribution is 9.10. The Labute approximate surface area is 66.2 Å². The molecule has 0 bridgehead atoms. The molecule has 0 saturated carbocycles. The van der Waals surface area contributed by atoms with E-state index in [1.54, 1.807) is 0 Å². The summed E-state index contributed by atoms with van der Waals surface area (Å²) in [6.07, 6.45) is 1.24. The van der Waals surface area contributed by atoms with Gasteiger partial charge in [0.2, 0.25) is 5.09 Å². The number of furan rings is 1. The molecule has 0 unspecified atom stereocenters. The second kappa shape index (κ2) is 2.37. The van der Waals surface area contributed by atoms with Crippen molar-refractivity contribution in [3.8, 4) is 0 Å². The SMILES string of the molecule is NS(=O)(=O)c1occc1Br. The first kappa shape index (κ1) is 7.77. The number of nitrogens with two attached hydrogens (primary N) is 1. The van der Waals surface area contributed by atoms with Crippen molar-refractivity contribution in [3.05, 3.63) is 16.8 Å². The van der Waals surface area contributed by atoms with Crippen molar-refractivity contribution < 1.29 is 12.8 Å². The molecule has 1 heterocycles. The Bertz CT molecular complexity index is 328. The van der Waals surface area contributed by atoms with Gasteiger partial charge < -0.3 is 4.42 Å². The number of halogens is 1. The summed E-state index contributed by atoms with van der Waals surface area (Å²) < 4.78 is 26.0. The van der Waals surface area contributed by atoms with E-state index in [4.69, 9.17) is 5.14 Å². The first-order chi connectivity index (χ1) is 4.52. The average molecular weight is 226 g/mol. The van der Waals surface area contributed by atoms with Crippen LogP contribution in [0.25, 0.3) is 0 Å². The largest absolute Gasteiger partial charge is 0.451 e. The van der Waals surface area contributed by atoms with Gasteiger partial charge in [-0.15, -0.1) is 0 Å². The molecular formula is C4H4BrNO3S. The van der Waals surface area contributed by atoms with E-state index in [1.165, 1.54) is 12.3 Å². The zero-order chi connectivity index (χ0) is 7.78. The number of primary sulfonamides is 1. The van der Waals surface area contributed by atoms with E-state index in [1.807, 2.05) is 0 Å². The molecule has 6 heteroatoms. The van der Waals surface area contributed by atoms with Crippen molar-refractivity contribution in [2.75, 3.05) is 0 Å². The molecule has 0 radical (unpaired) electrons. The van der Waals surface area contributed by atoms with Gasteiger partial charge in [0.25, 0.3) is 10.0 Å². The maximum absolute atomic E-state index is 10.6. The molecule has 0 fully saturated rings. The molecule has 0 aliphatic carbocycles. The lowest BCUT2D eigenvalue weighted by Crippen LogP contribution is -2.11. The van der Waals surface area contributed by atoms with Gasteiger partial charge in [0.1, 0.15) is 0 Å². The van der Waals surface area contributed by atoms with Crippen molar-refractivity contribution in [2.45, 2.75) is 5.09 Å². The molecule has 56 valence electrons. The number of rotatable bonds is 1. The van der Waals surface area contributed by atoms with Gasteiger partial charge >= 0.3 is 0 Å². The zero-order valence-electron chi connectivity index (χ0n) is 4.74. The second-order valence-corrected chi connectivity index (χ2v) is 3.92. The Morgan fingerprint density at radius 2 is 2.20 bits per heavy atom. The van der Waals surface area contributed by atoms with Crippen LogP contribution in [-0.2, 0) is 10.0 Å². The third-order valence-corrected chi connectivity index (χ3v) is 2.56. The van der Waals surface area contributed by atoms with Crippen molar-refractivity contribution in [1.29, 1.82) is 0 Å². The molecule has 2 N–H and O–H groups in total. The fourth-order valence-electron chi connectivity index (χ4n) is 0.483. The zero-order valence-corrected chi connectivity index (χ0v) is 7.15. The van der Waals surface area contributed by atoms with Crippen LogP contribution in [-0.4, -0.2) is 8.42 Å². The van der Waals surface area contributed by atoms with Crippen molar-refractivity contribution >= 4 is 26.0 Å². The van der Waals surface area contributed by atoms with E-state index in [0.717, 1.165) is 0 Å². The minimum atomic E-state index is -3.70. The van der Waals surface area contributed by atoms with E-state index in [-0.39, 0.29) is 5.09 Å². The molecule has 0 spiro atoms. The first-order valence-electron chi connectivity index (χ1n) is 2.27. The smallest absolute Gasteiger partial charge is 0.272 e. The maximum atomic E-state index is 10.6. The van der Waals surface area contributed by atoms with Crippen LogP contribution in [0.2, 0.25) is 0 Å². The van der Waals surface area contributed by atoms with Crippen LogP contribution < -0.4 is 5.14 Å². The molecule has 0 amide bonds. The standard InChI is InChI=1S/C4H4BrNO3S/c5-3-1-2-9-4(3)10(6,7)8/h1-2H,(H2,6,7,8). The summed E-state index contributed by atoms with van der Waals surface area (Å²) >= 11 is 2.95. The first-order valence-corrected chi connectivity index (χ1v) is 4.61. The molecule has 10 heavy (non-hydrogen) atoms. The van der Waals surface area contributed by atoms with E-state index in [2.05, 4.69) is 20.3 Å². The van der Waals surface area contributed by atoms with Gasteiger partial charge in [0, 0.05) is 0 Å². The Hall–Kier alpha value is -0.330. The molecule has 1 rings (SSSR count). The van der Waals surface area contributed by atoms with Gasteiger partial charge in [-0.25, -0.2) is 13.6 Å². The van der Waals surface area contributed by atoms with E-state index < -0.39 is 10.0 Å². The van der Waals surface area contributed by atoms with Crippen LogP contribution in [0.3, 0.4) is 0 Å². The molecule has 0 aromatic carbocycles. The van der Waals surface area contributed by atoms with Gasteiger partial charge in [-0.2, -0.15) is 0 Å². The van der Waals surface area contributed by atoms with Gasteiger partial charge in [-0.05, 0) is 22.0 Å². The highest BCUT2D eigenvalue weighted by Crippen LogP contribution is 2.20. The van der Waals surface area contributed by atoms with Gasteiger partial charge in [-0.3, -0.25) is 0 Å². The van der Waals surface area contributed by atoms with Crippen molar-refractivity contribution in [3.63, 3.8) is 0 Å². The summed E-state index contributed by atoms with van der Waals surface area (Å²) in [5.41, 5.74) is 0. The highest BCUT2D eigenvalue weighted by atomic mass is 79.9. The summed E-state index contributed by atoms with van der Waals surface area (Å²) in [4.78, 5) is 0. The van der Waals surface area contributed by atoms with E-state index >= 15 is 0 Å². The van der Waals surface area contributed by atoms with Crippen LogP contribution in [0.4, 0.5) is 0 Å². The summed E-state index contributed by atoms with van der Waals surface area (Å²) in [6, 6.07) is 1.46. The Morgan fingerprint density at radius 1 is 1.60 bits per heavy atom. The van der Waals surface area contributed by atoms with Crippen LogP contribution in [0, 0.1) is 0 Å². The molecule has 4 nitrogen and oxygen atoms in total. The molecular weight excluding hydrogens is 222 g/mol. The fraction of sp³-hybridized carbons (Fsp3) is 0. The minimum absolute atomic E-state index is 0.243. The molecule has 1 aromatic heterocycles. The Kier molecular flexibility index (Phi) is 1.84. The van der Waals surface area contributed by atoms with E-state index in [0.29, 0.717) is 4.47 Å². The predicted octanol–water partition coefficient (Wildman–Crippen LogP) is 0.690. The molecule has 0 saturated heterocycles. The van der Waals surface area contributed by atoms with Crippen LogP contribution in [0.1, 0.15) is 0 Å². The third kappa shape index (κ3) is 1.39.